The minimum Gasteiger partial charge on any atom is -0.497 e. The molecule has 25 heavy (non-hydrogen) atoms. The van der Waals surface area contributed by atoms with E-state index in [2.05, 4.69) is 22.4 Å². The predicted octanol–water partition coefficient (Wildman–Crippen LogP) is 4.29. The van der Waals surface area contributed by atoms with E-state index in [9.17, 15) is 9.18 Å². The van der Waals surface area contributed by atoms with Gasteiger partial charge in [-0.05, 0) is 47.6 Å². The molecule has 128 valence electrons. The van der Waals surface area contributed by atoms with Crippen molar-refractivity contribution in [2.24, 2.45) is 4.99 Å². The molecule has 0 atom stereocenters. The van der Waals surface area contributed by atoms with E-state index < -0.39 is 11.8 Å². The number of isothiocyanates is 1. The second-order valence-corrected chi connectivity index (χ2v) is 5.98. The molecule has 2 aromatic rings. The fourth-order valence-corrected chi connectivity index (χ4v) is 2.82. The first kappa shape index (κ1) is 17.3. The molecule has 0 aliphatic heterocycles. The molecule has 0 radical (unpaired) electrons. The van der Waals surface area contributed by atoms with Crippen LogP contribution in [-0.2, 0) is 4.74 Å². The molecule has 0 amide bonds. The Morgan fingerprint density at radius 1 is 1.20 bits per heavy atom. The molecule has 2 aromatic carbocycles. The van der Waals surface area contributed by atoms with Gasteiger partial charge in [-0.3, -0.25) is 0 Å². The van der Waals surface area contributed by atoms with Crippen molar-refractivity contribution < 1.29 is 18.7 Å². The van der Waals surface area contributed by atoms with Crippen LogP contribution in [0.25, 0.3) is 11.1 Å². The van der Waals surface area contributed by atoms with Gasteiger partial charge < -0.3 is 9.47 Å². The highest BCUT2D eigenvalue weighted by Gasteiger charge is 2.32. The van der Waals surface area contributed by atoms with E-state index in [1.807, 2.05) is 12.1 Å². The second-order valence-electron chi connectivity index (χ2n) is 5.80. The number of ether oxygens (including phenoxy) is 2. The summed E-state index contributed by atoms with van der Waals surface area (Å²) in [7, 11) is 1.58. The lowest BCUT2D eigenvalue weighted by Gasteiger charge is -2.31. The fourth-order valence-electron chi connectivity index (χ4n) is 2.67. The SMILES string of the molecule is COc1ccc(-c2ccc(C(=O)OC3CC(N=C=S)C3)c(F)c2)cc1. The lowest BCUT2D eigenvalue weighted by atomic mass is 9.90. The number of carbonyl (C=O) groups excluding carboxylic acids is 1. The third-order valence-electron chi connectivity index (χ3n) is 4.19. The van der Waals surface area contributed by atoms with Gasteiger partial charge in [-0.1, -0.05) is 18.2 Å². The van der Waals surface area contributed by atoms with E-state index in [0.29, 0.717) is 18.4 Å². The number of hydrogen-bond donors (Lipinski definition) is 0. The first-order valence-electron chi connectivity index (χ1n) is 7.82. The van der Waals surface area contributed by atoms with Gasteiger partial charge in [0.25, 0.3) is 0 Å². The minimum atomic E-state index is -0.659. The summed E-state index contributed by atoms with van der Waals surface area (Å²) in [5.41, 5.74) is 1.44. The maximum absolute atomic E-state index is 14.3. The first-order valence-corrected chi connectivity index (χ1v) is 8.23. The Balaban J connectivity index is 1.69. The quantitative estimate of drug-likeness (QED) is 0.455. The molecular weight excluding hydrogens is 341 g/mol. The normalized spacial score (nSPS) is 18.6. The molecule has 0 bridgehead atoms. The Morgan fingerprint density at radius 2 is 1.88 bits per heavy atom. The lowest BCUT2D eigenvalue weighted by molar-refractivity contribution is 0.00316. The molecule has 0 unspecified atom stereocenters. The van der Waals surface area contributed by atoms with Gasteiger partial charge >= 0.3 is 5.97 Å². The van der Waals surface area contributed by atoms with Crippen LogP contribution in [0, 0.1) is 5.82 Å². The van der Waals surface area contributed by atoms with Crippen LogP contribution in [0.2, 0.25) is 0 Å². The van der Waals surface area contributed by atoms with Crippen LogP contribution in [0.5, 0.6) is 5.75 Å². The highest BCUT2D eigenvalue weighted by molar-refractivity contribution is 7.78. The maximum Gasteiger partial charge on any atom is 0.341 e. The number of esters is 1. The first-order chi connectivity index (χ1) is 12.1. The Morgan fingerprint density at radius 3 is 2.48 bits per heavy atom. The van der Waals surface area contributed by atoms with Crippen LogP contribution < -0.4 is 4.74 Å². The Hall–Kier alpha value is -2.56. The molecule has 0 spiro atoms. The highest BCUT2D eigenvalue weighted by Crippen LogP contribution is 2.28. The van der Waals surface area contributed by atoms with E-state index in [-0.39, 0.29) is 17.7 Å². The summed E-state index contributed by atoms with van der Waals surface area (Å²) in [4.78, 5) is 16.0. The largest absolute Gasteiger partial charge is 0.497 e. The highest BCUT2D eigenvalue weighted by atomic mass is 32.1. The molecule has 0 saturated heterocycles. The average molecular weight is 357 g/mol. The molecule has 3 rings (SSSR count). The maximum atomic E-state index is 14.3. The number of thiocarbonyl (C=S) groups is 1. The van der Waals surface area contributed by atoms with Crippen LogP contribution in [0.4, 0.5) is 4.39 Å². The topological polar surface area (TPSA) is 47.9 Å². The summed E-state index contributed by atoms with van der Waals surface area (Å²) >= 11 is 4.53. The number of aliphatic imine (C=N–C) groups is 1. The zero-order valence-corrected chi connectivity index (χ0v) is 14.4. The van der Waals surface area contributed by atoms with Crippen LogP contribution in [0.15, 0.2) is 47.5 Å². The number of nitrogens with zero attached hydrogens (tertiary/aromatic N) is 1. The fraction of sp³-hybridized carbons (Fsp3) is 0.263. The number of carbonyl (C=O) groups is 1. The molecule has 1 aliphatic rings. The monoisotopic (exact) mass is 357 g/mol. The number of benzene rings is 2. The van der Waals surface area contributed by atoms with Crippen LogP contribution in [-0.4, -0.2) is 30.4 Å². The smallest absolute Gasteiger partial charge is 0.341 e. The van der Waals surface area contributed by atoms with Crippen LogP contribution in [0.1, 0.15) is 23.2 Å². The van der Waals surface area contributed by atoms with Gasteiger partial charge in [0.1, 0.15) is 17.7 Å². The van der Waals surface area contributed by atoms with Gasteiger partial charge in [0.05, 0.1) is 23.9 Å². The minimum absolute atomic E-state index is 0.0533. The van der Waals surface area contributed by atoms with Crippen molar-refractivity contribution in [1.29, 1.82) is 0 Å². The molecule has 1 fully saturated rings. The molecule has 4 nitrogen and oxygen atoms in total. The second kappa shape index (κ2) is 7.55. The Bertz CT molecular complexity index is 825. The predicted molar refractivity (Wildman–Crippen MR) is 95.6 cm³/mol. The molecule has 0 N–H and O–H groups in total. The zero-order valence-electron chi connectivity index (χ0n) is 13.6. The number of rotatable bonds is 5. The number of hydrogen-bond acceptors (Lipinski definition) is 5. The molecule has 1 saturated carbocycles. The van der Waals surface area contributed by atoms with Gasteiger partial charge in [-0.25, -0.2) is 14.2 Å². The molecule has 6 heteroatoms. The molecule has 0 heterocycles. The summed E-state index contributed by atoms with van der Waals surface area (Å²) in [6, 6.07) is 11.8. The van der Waals surface area contributed by atoms with Gasteiger partial charge in [-0.2, -0.15) is 0 Å². The number of methoxy groups -OCH3 is 1. The summed E-state index contributed by atoms with van der Waals surface area (Å²) in [5, 5.41) is 2.31. The molecule has 1 aliphatic carbocycles. The van der Waals surface area contributed by atoms with E-state index in [0.717, 1.165) is 11.3 Å². The zero-order chi connectivity index (χ0) is 17.8. The van der Waals surface area contributed by atoms with Gasteiger partial charge in [0.2, 0.25) is 0 Å². The van der Waals surface area contributed by atoms with Crippen molar-refractivity contribution in [3.8, 4) is 16.9 Å². The van der Waals surface area contributed by atoms with E-state index in [1.165, 1.54) is 12.1 Å². The van der Waals surface area contributed by atoms with Crippen molar-refractivity contribution in [2.75, 3.05) is 7.11 Å². The Labute approximate surface area is 150 Å². The van der Waals surface area contributed by atoms with Crippen molar-refractivity contribution >= 4 is 23.3 Å². The van der Waals surface area contributed by atoms with Crippen LogP contribution >= 0.6 is 12.2 Å². The van der Waals surface area contributed by atoms with E-state index in [1.54, 1.807) is 25.3 Å². The molecular formula is C19H16FNO3S. The summed E-state index contributed by atoms with van der Waals surface area (Å²) in [6.07, 6.45) is 0.951. The third kappa shape index (κ3) is 3.92. The van der Waals surface area contributed by atoms with Gasteiger partial charge in [0, 0.05) is 12.8 Å². The lowest BCUT2D eigenvalue weighted by Crippen LogP contribution is -2.36. The van der Waals surface area contributed by atoms with Crippen molar-refractivity contribution in [3.05, 3.63) is 53.8 Å². The van der Waals surface area contributed by atoms with Gasteiger partial charge in [-0.15, -0.1) is 0 Å². The summed E-state index contributed by atoms with van der Waals surface area (Å²) in [6.45, 7) is 0. The average Bonchev–Trinajstić information content (AvgIpc) is 2.59. The van der Waals surface area contributed by atoms with E-state index in [4.69, 9.17) is 9.47 Å². The summed E-state index contributed by atoms with van der Waals surface area (Å²) in [5.74, 6) is -0.541. The Kier molecular flexibility index (Phi) is 5.22. The third-order valence-corrected chi connectivity index (χ3v) is 4.30. The van der Waals surface area contributed by atoms with Crippen molar-refractivity contribution in [1.82, 2.24) is 0 Å². The van der Waals surface area contributed by atoms with E-state index >= 15 is 0 Å². The van der Waals surface area contributed by atoms with Crippen molar-refractivity contribution in [2.45, 2.75) is 25.0 Å². The standard InChI is InChI=1S/C19H16FNO3S/c1-23-15-5-2-12(3-6-15)13-4-7-17(18(20)8-13)19(22)24-16-9-14(10-16)21-11-25/h2-8,14,16H,9-10H2,1H3. The van der Waals surface area contributed by atoms with Gasteiger partial charge in [0.15, 0.2) is 0 Å². The van der Waals surface area contributed by atoms with Crippen molar-refractivity contribution in [3.63, 3.8) is 0 Å². The van der Waals surface area contributed by atoms with Crippen LogP contribution in [0.3, 0.4) is 0 Å². The number of halogens is 1. The molecule has 0 aromatic heterocycles. The summed E-state index contributed by atoms with van der Waals surface area (Å²) < 4.78 is 24.7.